The first kappa shape index (κ1) is 20.5. The van der Waals surface area contributed by atoms with Gasteiger partial charge in [0.05, 0.1) is 6.04 Å². The maximum atomic E-state index is 12.8. The van der Waals surface area contributed by atoms with Gasteiger partial charge in [0.25, 0.3) is 5.91 Å². The van der Waals surface area contributed by atoms with Crippen LogP contribution in [-0.4, -0.2) is 15.9 Å². The predicted molar refractivity (Wildman–Crippen MR) is 118 cm³/mol. The van der Waals surface area contributed by atoms with Gasteiger partial charge in [-0.15, -0.1) is 0 Å². The van der Waals surface area contributed by atoms with Crippen molar-refractivity contribution in [2.75, 3.05) is 5.32 Å². The monoisotopic (exact) mass is 388 g/mol. The number of anilines is 2. The van der Waals surface area contributed by atoms with E-state index in [-0.39, 0.29) is 17.4 Å². The summed E-state index contributed by atoms with van der Waals surface area (Å²) in [6.45, 7) is 10.3. The van der Waals surface area contributed by atoms with Crippen LogP contribution < -0.4 is 10.6 Å². The number of carbonyl (C=O) groups excluding carboxylic acids is 1. The van der Waals surface area contributed by atoms with E-state index in [1.807, 2.05) is 62.4 Å². The maximum absolute atomic E-state index is 12.8. The lowest BCUT2D eigenvalue weighted by molar-refractivity contribution is 0.0934. The van der Waals surface area contributed by atoms with E-state index in [4.69, 9.17) is 0 Å². The average Bonchev–Trinajstić information content (AvgIpc) is 2.67. The van der Waals surface area contributed by atoms with Crippen molar-refractivity contribution in [3.05, 3.63) is 83.2 Å². The molecule has 1 atom stereocenters. The number of rotatable bonds is 5. The second kappa shape index (κ2) is 8.43. The van der Waals surface area contributed by atoms with Crippen molar-refractivity contribution in [3.8, 4) is 0 Å². The van der Waals surface area contributed by atoms with Gasteiger partial charge in [0.2, 0.25) is 5.95 Å². The molecule has 0 bridgehead atoms. The molecule has 0 radical (unpaired) electrons. The van der Waals surface area contributed by atoms with E-state index in [2.05, 4.69) is 47.4 Å². The third-order valence-corrected chi connectivity index (χ3v) is 4.72. The summed E-state index contributed by atoms with van der Waals surface area (Å²) in [5.74, 6) is 0.193. The molecule has 1 unspecified atom stereocenters. The van der Waals surface area contributed by atoms with Crippen molar-refractivity contribution in [1.29, 1.82) is 0 Å². The molecule has 2 aromatic carbocycles. The standard InChI is InChI=1S/C24H28N4O/c1-16-15-21(22(29)26-17(2)18-11-7-6-8-12-18)28-23(25-16)27-20-14-10-9-13-19(20)24(3,4)5/h6-15,17H,1-5H3,(H,26,29)(H,25,27,28). The van der Waals surface area contributed by atoms with E-state index >= 15 is 0 Å². The molecule has 1 aromatic heterocycles. The van der Waals surface area contributed by atoms with Crippen LogP contribution in [0.3, 0.4) is 0 Å². The maximum Gasteiger partial charge on any atom is 0.270 e. The third kappa shape index (κ3) is 5.19. The number of hydrogen-bond donors (Lipinski definition) is 2. The summed E-state index contributed by atoms with van der Waals surface area (Å²) in [5.41, 5.74) is 4.19. The zero-order valence-electron chi connectivity index (χ0n) is 17.7. The first-order chi connectivity index (χ1) is 13.7. The molecular formula is C24H28N4O. The fraction of sp³-hybridized carbons (Fsp3) is 0.292. The number of nitrogens with zero attached hydrogens (tertiary/aromatic N) is 2. The lowest BCUT2D eigenvalue weighted by Gasteiger charge is -2.23. The van der Waals surface area contributed by atoms with E-state index in [0.717, 1.165) is 22.5 Å². The Morgan fingerprint density at radius 3 is 2.31 bits per heavy atom. The van der Waals surface area contributed by atoms with E-state index in [9.17, 15) is 4.79 Å². The number of carbonyl (C=O) groups is 1. The number of benzene rings is 2. The molecule has 0 fully saturated rings. The summed E-state index contributed by atoms with van der Waals surface area (Å²) in [5, 5.41) is 6.31. The van der Waals surface area contributed by atoms with Gasteiger partial charge in [-0.2, -0.15) is 0 Å². The average molecular weight is 389 g/mol. The van der Waals surface area contributed by atoms with Gasteiger partial charge in [-0.1, -0.05) is 69.3 Å². The van der Waals surface area contributed by atoms with Crippen molar-refractivity contribution >= 4 is 17.5 Å². The molecule has 1 amide bonds. The zero-order chi connectivity index (χ0) is 21.0. The number of aryl methyl sites for hydroxylation is 1. The zero-order valence-corrected chi connectivity index (χ0v) is 17.7. The van der Waals surface area contributed by atoms with Crippen molar-refractivity contribution in [1.82, 2.24) is 15.3 Å². The first-order valence-electron chi connectivity index (χ1n) is 9.82. The van der Waals surface area contributed by atoms with Crippen molar-refractivity contribution < 1.29 is 4.79 Å². The van der Waals surface area contributed by atoms with Gasteiger partial charge in [-0.25, -0.2) is 9.97 Å². The minimum absolute atomic E-state index is 0.0290. The Hall–Kier alpha value is -3.21. The van der Waals surface area contributed by atoms with Crippen LogP contribution in [0.2, 0.25) is 0 Å². The fourth-order valence-corrected chi connectivity index (χ4v) is 3.20. The number of hydrogen-bond acceptors (Lipinski definition) is 4. The molecule has 1 heterocycles. The van der Waals surface area contributed by atoms with Gasteiger partial charge < -0.3 is 10.6 Å². The van der Waals surface area contributed by atoms with Gasteiger partial charge in [0.1, 0.15) is 5.69 Å². The van der Waals surface area contributed by atoms with Crippen LogP contribution in [0.1, 0.15) is 61.0 Å². The molecule has 0 saturated heterocycles. The molecule has 3 aromatic rings. The van der Waals surface area contributed by atoms with Gasteiger partial charge >= 0.3 is 0 Å². The van der Waals surface area contributed by atoms with Gasteiger partial charge in [0, 0.05) is 11.4 Å². The third-order valence-electron chi connectivity index (χ3n) is 4.72. The fourth-order valence-electron chi connectivity index (χ4n) is 3.20. The molecule has 150 valence electrons. The van der Waals surface area contributed by atoms with Gasteiger partial charge in [-0.3, -0.25) is 4.79 Å². The topological polar surface area (TPSA) is 66.9 Å². The van der Waals surface area contributed by atoms with Crippen LogP contribution in [0.25, 0.3) is 0 Å². The Balaban J connectivity index is 1.83. The van der Waals surface area contributed by atoms with Crippen molar-refractivity contribution in [3.63, 3.8) is 0 Å². The molecule has 0 aliphatic heterocycles. The van der Waals surface area contributed by atoms with Crippen LogP contribution in [0, 0.1) is 6.92 Å². The summed E-state index contributed by atoms with van der Waals surface area (Å²) < 4.78 is 0. The Morgan fingerprint density at radius 1 is 0.966 bits per heavy atom. The molecule has 0 saturated carbocycles. The van der Waals surface area contributed by atoms with Crippen LogP contribution in [0.15, 0.2) is 60.7 Å². The normalized spacial score (nSPS) is 12.3. The van der Waals surface area contributed by atoms with Crippen molar-refractivity contribution in [2.24, 2.45) is 0 Å². The summed E-state index contributed by atoms with van der Waals surface area (Å²) in [7, 11) is 0. The second-order valence-corrected chi connectivity index (χ2v) is 8.24. The predicted octanol–water partition coefficient (Wildman–Crippen LogP) is 5.32. The smallest absolute Gasteiger partial charge is 0.270 e. The Kier molecular flexibility index (Phi) is 5.97. The number of para-hydroxylation sites is 1. The number of amides is 1. The molecule has 0 spiro atoms. The highest BCUT2D eigenvalue weighted by atomic mass is 16.1. The first-order valence-corrected chi connectivity index (χ1v) is 9.82. The summed E-state index contributed by atoms with van der Waals surface area (Å²) in [6.07, 6.45) is 0. The van der Waals surface area contributed by atoms with Gasteiger partial charge in [-0.05, 0) is 42.5 Å². The second-order valence-electron chi connectivity index (χ2n) is 8.24. The SMILES string of the molecule is Cc1cc(C(=O)NC(C)c2ccccc2)nc(Nc2ccccc2C(C)(C)C)n1. The lowest BCUT2D eigenvalue weighted by Crippen LogP contribution is -2.28. The Bertz CT molecular complexity index is 993. The molecule has 0 aliphatic rings. The van der Waals surface area contributed by atoms with Crippen molar-refractivity contribution in [2.45, 2.75) is 46.1 Å². The van der Waals surface area contributed by atoms with E-state index in [0.29, 0.717) is 11.6 Å². The highest BCUT2D eigenvalue weighted by molar-refractivity contribution is 5.93. The molecule has 3 rings (SSSR count). The molecule has 5 nitrogen and oxygen atoms in total. The van der Waals surface area contributed by atoms with Gasteiger partial charge in [0.15, 0.2) is 0 Å². The van der Waals surface area contributed by atoms with Crippen LogP contribution in [0.5, 0.6) is 0 Å². The molecule has 0 aliphatic carbocycles. The molecule has 2 N–H and O–H groups in total. The minimum Gasteiger partial charge on any atom is -0.344 e. The van der Waals surface area contributed by atoms with E-state index < -0.39 is 0 Å². The Morgan fingerprint density at radius 2 is 1.62 bits per heavy atom. The van der Waals surface area contributed by atoms with Crippen LogP contribution in [-0.2, 0) is 5.41 Å². The summed E-state index contributed by atoms with van der Waals surface area (Å²) in [4.78, 5) is 21.7. The minimum atomic E-state index is -0.223. The van der Waals surface area contributed by atoms with Crippen LogP contribution in [0.4, 0.5) is 11.6 Å². The number of aromatic nitrogens is 2. The summed E-state index contributed by atoms with van der Waals surface area (Å²) in [6, 6.07) is 19.5. The highest BCUT2D eigenvalue weighted by Gasteiger charge is 2.19. The largest absolute Gasteiger partial charge is 0.344 e. The Labute approximate surface area is 172 Å². The highest BCUT2D eigenvalue weighted by Crippen LogP contribution is 2.30. The van der Waals surface area contributed by atoms with E-state index in [1.54, 1.807) is 6.07 Å². The molecule has 29 heavy (non-hydrogen) atoms. The van der Waals surface area contributed by atoms with E-state index in [1.165, 1.54) is 0 Å². The summed E-state index contributed by atoms with van der Waals surface area (Å²) >= 11 is 0. The molecule has 5 heteroatoms. The molecular weight excluding hydrogens is 360 g/mol. The number of nitrogens with one attached hydrogen (secondary N) is 2. The van der Waals surface area contributed by atoms with Crippen LogP contribution >= 0.6 is 0 Å². The quantitative estimate of drug-likeness (QED) is 0.621. The lowest BCUT2D eigenvalue weighted by atomic mass is 9.86.